The first-order valence-electron chi connectivity index (χ1n) is 8.65. The molecule has 2 N–H and O–H groups in total. The Hall–Kier alpha value is -1.66. The largest absolute Gasteiger partial charge is 0.379 e. The van der Waals surface area contributed by atoms with E-state index < -0.39 is 0 Å². The van der Waals surface area contributed by atoms with Gasteiger partial charge in [0.05, 0.1) is 19.3 Å². The van der Waals surface area contributed by atoms with E-state index in [1.807, 2.05) is 13.0 Å². The quantitative estimate of drug-likeness (QED) is 0.434. The standard InChI is InChI=1S/C18H28FN3O2/c1-3-20-18(21-8-4-9-24-16-7-10-23-13-16)22-12-15-6-5-14(2)17(19)11-15/h5-6,11,16H,3-4,7-10,12-13H2,1-2H3,(H2,20,21,22). The van der Waals surface area contributed by atoms with E-state index in [9.17, 15) is 4.39 Å². The lowest BCUT2D eigenvalue weighted by Gasteiger charge is -2.13. The van der Waals surface area contributed by atoms with E-state index in [0.717, 1.165) is 44.1 Å². The van der Waals surface area contributed by atoms with Gasteiger partial charge in [-0.1, -0.05) is 12.1 Å². The smallest absolute Gasteiger partial charge is 0.191 e. The number of aryl methyl sites for hydroxylation is 1. The second kappa shape index (κ2) is 10.3. The summed E-state index contributed by atoms with van der Waals surface area (Å²) in [7, 11) is 0. The number of guanidine groups is 1. The molecule has 0 aliphatic carbocycles. The van der Waals surface area contributed by atoms with Crippen LogP contribution in [-0.2, 0) is 16.0 Å². The molecule has 24 heavy (non-hydrogen) atoms. The van der Waals surface area contributed by atoms with Crippen LogP contribution in [0.5, 0.6) is 0 Å². The maximum Gasteiger partial charge on any atom is 0.191 e. The van der Waals surface area contributed by atoms with Gasteiger partial charge in [-0.25, -0.2) is 9.38 Å². The number of halogens is 1. The Bertz CT molecular complexity index is 531. The third-order valence-electron chi connectivity index (χ3n) is 3.86. The van der Waals surface area contributed by atoms with Gasteiger partial charge in [-0.15, -0.1) is 0 Å². The Morgan fingerprint density at radius 2 is 2.29 bits per heavy atom. The van der Waals surface area contributed by atoms with Crippen molar-refractivity contribution in [1.82, 2.24) is 10.6 Å². The molecule has 0 radical (unpaired) electrons. The van der Waals surface area contributed by atoms with Crippen LogP contribution in [0.1, 0.15) is 30.9 Å². The molecule has 1 saturated heterocycles. The van der Waals surface area contributed by atoms with Gasteiger partial charge in [0, 0.05) is 26.3 Å². The van der Waals surface area contributed by atoms with Gasteiger partial charge in [0.1, 0.15) is 5.82 Å². The summed E-state index contributed by atoms with van der Waals surface area (Å²) in [5.41, 5.74) is 1.51. The molecule has 1 unspecified atom stereocenters. The lowest BCUT2D eigenvalue weighted by molar-refractivity contribution is 0.0420. The van der Waals surface area contributed by atoms with E-state index in [4.69, 9.17) is 9.47 Å². The summed E-state index contributed by atoms with van der Waals surface area (Å²) in [6, 6.07) is 5.23. The Kier molecular flexibility index (Phi) is 7.98. The van der Waals surface area contributed by atoms with Crippen LogP contribution in [0.4, 0.5) is 4.39 Å². The molecule has 1 aliphatic rings. The molecule has 0 spiro atoms. The highest BCUT2D eigenvalue weighted by Crippen LogP contribution is 2.10. The predicted octanol–water partition coefficient (Wildman–Crippen LogP) is 2.38. The van der Waals surface area contributed by atoms with Crippen molar-refractivity contribution in [3.63, 3.8) is 0 Å². The fourth-order valence-corrected chi connectivity index (χ4v) is 2.42. The van der Waals surface area contributed by atoms with E-state index in [1.54, 1.807) is 19.1 Å². The summed E-state index contributed by atoms with van der Waals surface area (Å²) >= 11 is 0. The molecule has 1 heterocycles. The normalized spacial score (nSPS) is 18.0. The molecule has 6 heteroatoms. The van der Waals surface area contributed by atoms with Gasteiger partial charge in [0.2, 0.25) is 0 Å². The fraction of sp³-hybridized carbons (Fsp3) is 0.611. The minimum absolute atomic E-state index is 0.186. The minimum Gasteiger partial charge on any atom is -0.379 e. The Labute approximate surface area is 143 Å². The monoisotopic (exact) mass is 337 g/mol. The van der Waals surface area contributed by atoms with Crippen molar-refractivity contribution in [2.24, 2.45) is 4.99 Å². The first-order chi connectivity index (χ1) is 11.7. The minimum atomic E-state index is -0.186. The Morgan fingerprint density at radius 1 is 1.42 bits per heavy atom. The molecule has 0 saturated carbocycles. The summed E-state index contributed by atoms with van der Waals surface area (Å²) in [6.07, 6.45) is 2.15. The van der Waals surface area contributed by atoms with Gasteiger partial charge in [-0.05, 0) is 43.9 Å². The zero-order valence-electron chi connectivity index (χ0n) is 14.6. The number of aliphatic imine (C=N–C) groups is 1. The lowest BCUT2D eigenvalue weighted by atomic mass is 10.1. The van der Waals surface area contributed by atoms with Crippen LogP contribution < -0.4 is 10.6 Å². The van der Waals surface area contributed by atoms with Crippen LogP contribution in [0.15, 0.2) is 23.2 Å². The summed E-state index contributed by atoms with van der Waals surface area (Å²) in [5.74, 6) is 0.552. The fourth-order valence-electron chi connectivity index (χ4n) is 2.42. The Morgan fingerprint density at radius 3 is 3.00 bits per heavy atom. The SMILES string of the molecule is CCNC(=NCc1ccc(C)c(F)c1)NCCCOC1CCOC1. The van der Waals surface area contributed by atoms with Gasteiger partial charge < -0.3 is 20.1 Å². The third kappa shape index (κ3) is 6.45. The van der Waals surface area contributed by atoms with Crippen molar-refractivity contribution >= 4 is 5.96 Å². The van der Waals surface area contributed by atoms with Crippen LogP contribution >= 0.6 is 0 Å². The maximum atomic E-state index is 13.6. The highest BCUT2D eigenvalue weighted by Gasteiger charge is 2.15. The van der Waals surface area contributed by atoms with Crippen molar-refractivity contribution in [3.05, 3.63) is 35.1 Å². The molecule has 1 aromatic carbocycles. The van der Waals surface area contributed by atoms with Crippen LogP contribution in [0, 0.1) is 12.7 Å². The van der Waals surface area contributed by atoms with E-state index in [-0.39, 0.29) is 11.9 Å². The average Bonchev–Trinajstić information content (AvgIpc) is 3.08. The molecule has 1 fully saturated rings. The molecular formula is C18H28FN3O2. The predicted molar refractivity (Wildman–Crippen MR) is 93.7 cm³/mol. The number of benzene rings is 1. The van der Waals surface area contributed by atoms with E-state index in [0.29, 0.717) is 25.3 Å². The van der Waals surface area contributed by atoms with Crippen LogP contribution in [-0.4, -0.2) is 45.0 Å². The number of hydrogen-bond donors (Lipinski definition) is 2. The third-order valence-corrected chi connectivity index (χ3v) is 3.86. The van der Waals surface area contributed by atoms with E-state index in [1.165, 1.54) is 0 Å². The second-order valence-electron chi connectivity index (χ2n) is 5.92. The van der Waals surface area contributed by atoms with Gasteiger partial charge in [-0.3, -0.25) is 0 Å². The molecule has 1 aliphatic heterocycles. The number of rotatable bonds is 8. The highest BCUT2D eigenvalue weighted by atomic mass is 19.1. The molecule has 1 aromatic rings. The van der Waals surface area contributed by atoms with Gasteiger partial charge in [0.25, 0.3) is 0 Å². The molecule has 2 rings (SSSR count). The van der Waals surface area contributed by atoms with E-state index in [2.05, 4.69) is 15.6 Å². The zero-order valence-corrected chi connectivity index (χ0v) is 14.6. The number of nitrogens with zero attached hydrogens (tertiary/aromatic N) is 1. The molecule has 0 aromatic heterocycles. The molecule has 0 amide bonds. The first kappa shape index (κ1) is 18.7. The van der Waals surface area contributed by atoms with Crippen LogP contribution in [0.2, 0.25) is 0 Å². The molecule has 0 bridgehead atoms. The number of hydrogen-bond acceptors (Lipinski definition) is 3. The van der Waals surface area contributed by atoms with Gasteiger partial charge in [0.15, 0.2) is 5.96 Å². The second-order valence-corrected chi connectivity index (χ2v) is 5.92. The van der Waals surface area contributed by atoms with E-state index >= 15 is 0 Å². The van der Waals surface area contributed by atoms with Crippen LogP contribution in [0.3, 0.4) is 0 Å². The summed E-state index contributed by atoms with van der Waals surface area (Å²) in [4.78, 5) is 4.50. The van der Waals surface area contributed by atoms with Gasteiger partial charge >= 0.3 is 0 Å². The van der Waals surface area contributed by atoms with Gasteiger partial charge in [-0.2, -0.15) is 0 Å². The van der Waals surface area contributed by atoms with Crippen molar-refractivity contribution in [2.45, 2.75) is 39.3 Å². The highest BCUT2D eigenvalue weighted by molar-refractivity contribution is 5.79. The molecular weight excluding hydrogens is 309 g/mol. The van der Waals surface area contributed by atoms with Crippen molar-refractivity contribution in [2.75, 3.05) is 32.9 Å². The van der Waals surface area contributed by atoms with Crippen molar-refractivity contribution < 1.29 is 13.9 Å². The zero-order chi connectivity index (χ0) is 17.2. The summed E-state index contributed by atoms with van der Waals surface area (Å²) in [6.45, 7) is 8.02. The van der Waals surface area contributed by atoms with Crippen molar-refractivity contribution in [1.29, 1.82) is 0 Å². The number of ether oxygens (including phenoxy) is 2. The summed E-state index contributed by atoms with van der Waals surface area (Å²) in [5, 5.41) is 6.47. The Balaban J connectivity index is 1.72. The maximum absolute atomic E-state index is 13.6. The molecule has 1 atom stereocenters. The lowest BCUT2D eigenvalue weighted by Crippen LogP contribution is -2.38. The average molecular weight is 337 g/mol. The first-order valence-corrected chi connectivity index (χ1v) is 8.65. The molecule has 5 nitrogen and oxygen atoms in total. The molecule has 134 valence electrons. The van der Waals surface area contributed by atoms with Crippen LogP contribution in [0.25, 0.3) is 0 Å². The topological polar surface area (TPSA) is 54.9 Å². The number of nitrogens with one attached hydrogen (secondary N) is 2. The van der Waals surface area contributed by atoms with Crippen molar-refractivity contribution in [3.8, 4) is 0 Å². The summed E-state index contributed by atoms with van der Waals surface area (Å²) < 4.78 is 24.6.